The van der Waals surface area contributed by atoms with Crippen LogP contribution in [-0.2, 0) is 6.18 Å². The van der Waals surface area contributed by atoms with Crippen LogP contribution in [0, 0.1) is 11.3 Å². The number of aromatic nitrogens is 1. The van der Waals surface area contributed by atoms with Crippen LogP contribution in [0.2, 0.25) is 10.0 Å². The Morgan fingerprint density at radius 1 is 1.18 bits per heavy atom. The van der Waals surface area contributed by atoms with Gasteiger partial charge in [0.2, 0.25) is 0 Å². The van der Waals surface area contributed by atoms with Gasteiger partial charge in [0.05, 0.1) is 16.8 Å². The van der Waals surface area contributed by atoms with E-state index in [1.54, 1.807) is 12.1 Å². The number of hydrogen-bond donors (Lipinski definition) is 0. The molecule has 1 aromatic heterocycles. The van der Waals surface area contributed by atoms with Gasteiger partial charge in [-0.3, -0.25) is 4.98 Å². The third-order valence-corrected chi connectivity index (χ3v) is 3.31. The van der Waals surface area contributed by atoms with Gasteiger partial charge in [-0.1, -0.05) is 29.3 Å². The molecule has 22 heavy (non-hydrogen) atoms. The molecule has 0 radical (unpaired) electrons. The zero-order valence-corrected chi connectivity index (χ0v) is 12.3. The van der Waals surface area contributed by atoms with Gasteiger partial charge >= 0.3 is 6.18 Å². The van der Waals surface area contributed by atoms with E-state index in [2.05, 4.69) is 4.98 Å². The standard InChI is InChI=1S/C15H7Cl2F3N2/c16-12-3-1-9(13(17)6-12)5-10(7-21)14-4-2-11(8-22-14)15(18,19)20/h1-6,8H/b10-5+. The molecule has 0 saturated carbocycles. The number of hydrogen-bond acceptors (Lipinski definition) is 2. The topological polar surface area (TPSA) is 36.7 Å². The fourth-order valence-corrected chi connectivity index (χ4v) is 2.12. The van der Waals surface area contributed by atoms with Crippen LogP contribution in [-0.4, -0.2) is 4.98 Å². The van der Waals surface area contributed by atoms with Gasteiger partial charge < -0.3 is 0 Å². The second-order valence-electron chi connectivity index (χ2n) is 4.27. The van der Waals surface area contributed by atoms with Crippen molar-refractivity contribution in [3.8, 4) is 6.07 Å². The first kappa shape index (κ1) is 16.3. The number of nitriles is 1. The average molecular weight is 343 g/mol. The lowest BCUT2D eigenvalue weighted by atomic mass is 10.1. The summed E-state index contributed by atoms with van der Waals surface area (Å²) in [6, 6.07) is 8.60. The van der Waals surface area contributed by atoms with Gasteiger partial charge in [0.1, 0.15) is 6.07 Å². The Morgan fingerprint density at radius 2 is 1.91 bits per heavy atom. The van der Waals surface area contributed by atoms with E-state index in [4.69, 9.17) is 28.5 Å². The molecule has 2 aromatic rings. The SMILES string of the molecule is N#C/C(=C\c1ccc(Cl)cc1Cl)c1ccc(C(F)(F)F)cn1. The molecule has 0 fully saturated rings. The lowest BCUT2D eigenvalue weighted by molar-refractivity contribution is -0.137. The van der Waals surface area contributed by atoms with E-state index in [1.165, 1.54) is 12.1 Å². The van der Waals surface area contributed by atoms with Crippen molar-refractivity contribution in [1.29, 1.82) is 5.26 Å². The summed E-state index contributed by atoms with van der Waals surface area (Å²) in [6.45, 7) is 0. The largest absolute Gasteiger partial charge is 0.417 e. The predicted octanol–water partition coefficient (Wildman–Crippen LogP) is 5.47. The number of allylic oxidation sites excluding steroid dienone is 1. The summed E-state index contributed by atoms with van der Waals surface area (Å²) in [7, 11) is 0. The molecular formula is C15H7Cl2F3N2. The van der Waals surface area contributed by atoms with Crippen LogP contribution in [0.15, 0.2) is 36.5 Å². The maximum Gasteiger partial charge on any atom is 0.417 e. The smallest absolute Gasteiger partial charge is 0.255 e. The molecule has 0 atom stereocenters. The summed E-state index contributed by atoms with van der Waals surface area (Å²) in [5, 5.41) is 9.93. The van der Waals surface area contributed by atoms with Crippen LogP contribution < -0.4 is 0 Å². The predicted molar refractivity (Wildman–Crippen MR) is 79.2 cm³/mol. The maximum atomic E-state index is 12.5. The summed E-state index contributed by atoms with van der Waals surface area (Å²) in [5.74, 6) is 0. The lowest BCUT2D eigenvalue weighted by Gasteiger charge is -2.06. The highest BCUT2D eigenvalue weighted by Crippen LogP contribution is 2.30. The number of halogens is 5. The highest BCUT2D eigenvalue weighted by molar-refractivity contribution is 6.35. The lowest BCUT2D eigenvalue weighted by Crippen LogP contribution is -2.05. The number of rotatable bonds is 2. The molecule has 0 unspecified atom stereocenters. The Bertz CT molecular complexity index is 760. The molecular weight excluding hydrogens is 336 g/mol. The van der Waals surface area contributed by atoms with Crippen LogP contribution in [0.4, 0.5) is 13.2 Å². The Labute approximate surface area is 134 Å². The third kappa shape index (κ3) is 3.79. The van der Waals surface area contributed by atoms with Crippen LogP contribution in [0.5, 0.6) is 0 Å². The minimum atomic E-state index is -4.47. The highest BCUT2D eigenvalue weighted by atomic mass is 35.5. The minimum absolute atomic E-state index is 0.0953. The average Bonchev–Trinajstić information content (AvgIpc) is 2.46. The fourth-order valence-electron chi connectivity index (χ4n) is 1.66. The molecule has 112 valence electrons. The molecule has 0 aliphatic carbocycles. The Hall–Kier alpha value is -2.03. The molecule has 0 saturated heterocycles. The molecule has 0 spiro atoms. The van der Waals surface area contributed by atoms with Gasteiger partial charge in [-0.2, -0.15) is 18.4 Å². The first-order chi connectivity index (χ1) is 10.3. The quantitative estimate of drug-likeness (QED) is 0.678. The first-order valence-electron chi connectivity index (χ1n) is 5.92. The fraction of sp³-hybridized carbons (Fsp3) is 0.0667. The van der Waals surface area contributed by atoms with Crippen molar-refractivity contribution in [2.45, 2.75) is 6.18 Å². The zero-order valence-electron chi connectivity index (χ0n) is 10.8. The van der Waals surface area contributed by atoms with E-state index in [1.807, 2.05) is 6.07 Å². The number of alkyl halides is 3. The normalized spacial score (nSPS) is 12.1. The molecule has 0 N–H and O–H groups in total. The Kier molecular flexibility index (Phi) is 4.74. The second-order valence-corrected chi connectivity index (χ2v) is 5.11. The van der Waals surface area contributed by atoms with Gasteiger partial charge in [0, 0.05) is 16.2 Å². The summed E-state index contributed by atoms with van der Waals surface area (Å²) < 4.78 is 37.5. The van der Waals surface area contributed by atoms with E-state index >= 15 is 0 Å². The molecule has 0 bridgehead atoms. The summed E-state index contributed by atoms with van der Waals surface area (Å²) in [6.07, 6.45) is -2.35. The number of pyridine rings is 1. The van der Waals surface area contributed by atoms with Crippen molar-refractivity contribution in [2.75, 3.05) is 0 Å². The zero-order chi connectivity index (χ0) is 16.3. The second kappa shape index (κ2) is 6.39. The van der Waals surface area contributed by atoms with E-state index in [0.29, 0.717) is 21.8 Å². The number of benzene rings is 1. The molecule has 2 rings (SSSR count). The van der Waals surface area contributed by atoms with Crippen molar-refractivity contribution in [2.24, 2.45) is 0 Å². The van der Waals surface area contributed by atoms with Crippen LogP contribution in [0.25, 0.3) is 11.6 Å². The van der Waals surface area contributed by atoms with E-state index in [0.717, 1.165) is 12.1 Å². The van der Waals surface area contributed by atoms with Gasteiger partial charge in [-0.25, -0.2) is 0 Å². The molecule has 7 heteroatoms. The summed E-state index contributed by atoms with van der Waals surface area (Å²) in [5.41, 5.74) is -0.137. The molecule has 0 amide bonds. The van der Waals surface area contributed by atoms with Crippen molar-refractivity contribution in [3.05, 3.63) is 63.4 Å². The van der Waals surface area contributed by atoms with Crippen molar-refractivity contribution < 1.29 is 13.2 Å². The molecule has 1 heterocycles. The van der Waals surface area contributed by atoms with Crippen LogP contribution >= 0.6 is 23.2 Å². The van der Waals surface area contributed by atoms with Crippen LogP contribution in [0.1, 0.15) is 16.8 Å². The van der Waals surface area contributed by atoms with Crippen molar-refractivity contribution in [1.82, 2.24) is 4.98 Å². The van der Waals surface area contributed by atoms with Gasteiger partial charge in [0.25, 0.3) is 0 Å². The van der Waals surface area contributed by atoms with Crippen molar-refractivity contribution >= 4 is 34.9 Å². The molecule has 0 aliphatic heterocycles. The Balaban J connectivity index is 2.40. The summed E-state index contributed by atoms with van der Waals surface area (Å²) >= 11 is 11.8. The summed E-state index contributed by atoms with van der Waals surface area (Å²) in [4.78, 5) is 3.68. The van der Waals surface area contributed by atoms with Gasteiger partial charge in [-0.15, -0.1) is 0 Å². The number of nitrogens with zero attached hydrogens (tertiary/aromatic N) is 2. The van der Waals surface area contributed by atoms with E-state index in [9.17, 15) is 13.2 Å². The molecule has 0 aliphatic rings. The van der Waals surface area contributed by atoms with Gasteiger partial charge in [0.15, 0.2) is 0 Å². The highest BCUT2D eigenvalue weighted by Gasteiger charge is 2.30. The Morgan fingerprint density at radius 3 is 2.41 bits per heavy atom. The monoisotopic (exact) mass is 342 g/mol. The first-order valence-corrected chi connectivity index (χ1v) is 6.67. The minimum Gasteiger partial charge on any atom is -0.255 e. The maximum absolute atomic E-state index is 12.5. The van der Waals surface area contributed by atoms with Crippen molar-refractivity contribution in [3.63, 3.8) is 0 Å². The molecule has 1 aromatic carbocycles. The van der Waals surface area contributed by atoms with Crippen LogP contribution in [0.3, 0.4) is 0 Å². The third-order valence-electron chi connectivity index (χ3n) is 2.75. The van der Waals surface area contributed by atoms with E-state index in [-0.39, 0.29) is 11.3 Å². The van der Waals surface area contributed by atoms with E-state index < -0.39 is 11.7 Å². The molecule has 2 nitrogen and oxygen atoms in total. The van der Waals surface area contributed by atoms with Gasteiger partial charge in [-0.05, 0) is 35.9 Å².